The second-order valence-electron chi connectivity index (χ2n) is 7.09. The first-order chi connectivity index (χ1) is 12.0. The predicted molar refractivity (Wildman–Crippen MR) is 104 cm³/mol. The Morgan fingerprint density at radius 2 is 2.00 bits per heavy atom. The summed E-state index contributed by atoms with van der Waals surface area (Å²) in [5.41, 5.74) is 3.66. The lowest BCUT2D eigenvalue weighted by Gasteiger charge is -2.30. The Hall–Kier alpha value is -1.84. The molecule has 0 radical (unpaired) electrons. The SMILES string of the molecule is Cc1ccc(Cl)cc1NC(=O)c1ccc(CN2CCCC(C)C2)cc1. The van der Waals surface area contributed by atoms with E-state index in [2.05, 4.69) is 29.3 Å². The molecule has 1 saturated heterocycles. The molecular formula is C21H25ClN2O. The van der Waals surface area contributed by atoms with E-state index in [0.717, 1.165) is 30.3 Å². The Kier molecular flexibility index (Phi) is 5.77. The molecule has 1 aliphatic rings. The molecule has 1 atom stereocenters. The van der Waals surface area contributed by atoms with Crippen LogP contribution in [0.5, 0.6) is 0 Å². The van der Waals surface area contributed by atoms with Crippen LogP contribution in [0.15, 0.2) is 42.5 Å². The smallest absolute Gasteiger partial charge is 0.255 e. The fraction of sp³-hybridized carbons (Fsp3) is 0.381. The molecule has 0 aromatic heterocycles. The molecule has 132 valence electrons. The van der Waals surface area contributed by atoms with Crippen molar-refractivity contribution >= 4 is 23.2 Å². The van der Waals surface area contributed by atoms with E-state index >= 15 is 0 Å². The topological polar surface area (TPSA) is 32.3 Å². The summed E-state index contributed by atoms with van der Waals surface area (Å²) in [5.74, 6) is 0.670. The maximum Gasteiger partial charge on any atom is 0.255 e. The Labute approximate surface area is 155 Å². The van der Waals surface area contributed by atoms with Crippen molar-refractivity contribution in [1.82, 2.24) is 4.90 Å². The highest BCUT2D eigenvalue weighted by Gasteiger charge is 2.16. The van der Waals surface area contributed by atoms with Gasteiger partial charge in [0.15, 0.2) is 0 Å². The van der Waals surface area contributed by atoms with Crippen LogP contribution >= 0.6 is 11.6 Å². The van der Waals surface area contributed by atoms with E-state index in [1.54, 1.807) is 6.07 Å². The van der Waals surface area contributed by atoms with Crippen LogP contribution in [-0.4, -0.2) is 23.9 Å². The number of amides is 1. The summed E-state index contributed by atoms with van der Waals surface area (Å²) in [4.78, 5) is 15.0. The quantitative estimate of drug-likeness (QED) is 0.823. The van der Waals surface area contributed by atoms with Gasteiger partial charge in [-0.2, -0.15) is 0 Å². The van der Waals surface area contributed by atoms with E-state index in [9.17, 15) is 4.79 Å². The van der Waals surface area contributed by atoms with Crippen LogP contribution in [0.2, 0.25) is 5.02 Å². The first kappa shape index (κ1) is 18.0. The lowest BCUT2D eigenvalue weighted by atomic mass is 9.99. The lowest BCUT2D eigenvalue weighted by Crippen LogP contribution is -2.33. The molecule has 1 fully saturated rings. The van der Waals surface area contributed by atoms with E-state index in [-0.39, 0.29) is 5.91 Å². The zero-order chi connectivity index (χ0) is 17.8. The number of carbonyl (C=O) groups excluding carboxylic acids is 1. The highest BCUT2D eigenvalue weighted by Crippen LogP contribution is 2.21. The Morgan fingerprint density at radius 1 is 1.24 bits per heavy atom. The van der Waals surface area contributed by atoms with Crippen molar-refractivity contribution in [2.24, 2.45) is 5.92 Å². The van der Waals surface area contributed by atoms with Crippen molar-refractivity contribution in [3.8, 4) is 0 Å². The van der Waals surface area contributed by atoms with Gasteiger partial charge in [-0.15, -0.1) is 0 Å². The standard InChI is InChI=1S/C21H25ClN2O/c1-15-4-3-11-24(13-15)14-17-6-8-18(9-7-17)21(25)23-20-12-19(22)10-5-16(20)2/h5-10,12,15H,3-4,11,13-14H2,1-2H3,(H,23,25). The first-order valence-electron chi connectivity index (χ1n) is 8.90. The van der Waals surface area contributed by atoms with Crippen LogP contribution in [0.3, 0.4) is 0 Å². The average molecular weight is 357 g/mol. The summed E-state index contributed by atoms with van der Waals surface area (Å²) in [5, 5.41) is 3.56. The molecule has 1 unspecified atom stereocenters. The number of likely N-dealkylation sites (tertiary alicyclic amines) is 1. The van der Waals surface area contributed by atoms with Crippen LogP contribution in [0, 0.1) is 12.8 Å². The molecule has 1 aliphatic heterocycles. The normalized spacial score (nSPS) is 18.1. The number of piperidine rings is 1. The molecular weight excluding hydrogens is 332 g/mol. The number of nitrogens with zero attached hydrogens (tertiary/aromatic N) is 1. The fourth-order valence-corrected chi connectivity index (χ4v) is 3.55. The van der Waals surface area contributed by atoms with E-state index in [0.29, 0.717) is 10.6 Å². The van der Waals surface area contributed by atoms with E-state index in [1.165, 1.54) is 24.9 Å². The zero-order valence-corrected chi connectivity index (χ0v) is 15.6. The van der Waals surface area contributed by atoms with Crippen molar-refractivity contribution in [2.75, 3.05) is 18.4 Å². The summed E-state index contributed by atoms with van der Waals surface area (Å²) in [6.07, 6.45) is 2.61. The summed E-state index contributed by atoms with van der Waals surface area (Å²) in [7, 11) is 0. The van der Waals surface area contributed by atoms with Crippen molar-refractivity contribution in [3.63, 3.8) is 0 Å². The van der Waals surface area contributed by atoms with Gasteiger partial charge in [0.05, 0.1) is 0 Å². The Morgan fingerprint density at radius 3 is 2.72 bits per heavy atom. The third-order valence-corrected chi connectivity index (χ3v) is 5.05. The minimum absolute atomic E-state index is 0.108. The number of carbonyl (C=O) groups is 1. The molecule has 1 heterocycles. The largest absolute Gasteiger partial charge is 0.322 e. The minimum atomic E-state index is -0.108. The summed E-state index contributed by atoms with van der Waals surface area (Å²) < 4.78 is 0. The van der Waals surface area contributed by atoms with Crippen molar-refractivity contribution in [1.29, 1.82) is 0 Å². The number of benzene rings is 2. The number of hydrogen-bond donors (Lipinski definition) is 1. The van der Waals surface area contributed by atoms with Crippen LogP contribution < -0.4 is 5.32 Å². The van der Waals surface area contributed by atoms with Gasteiger partial charge >= 0.3 is 0 Å². The monoisotopic (exact) mass is 356 g/mol. The van der Waals surface area contributed by atoms with Gasteiger partial charge in [0, 0.05) is 29.4 Å². The average Bonchev–Trinajstić information content (AvgIpc) is 2.59. The van der Waals surface area contributed by atoms with Gasteiger partial charge in [0.25, 0.3) is 5.91 Å². The molecule has 1 amide bonds. The van der Waals surface area contributed by atoms with E-state index in [1.807, 2.05) is 31.2 Å². The molecule has 3 rings (SSSR count). The van der Waals surface area contributed by atoms with Gasteiger partial charge in [-0.3, -0.25) is 9.69 Å². The molecule has 2 aromatic carbocycles. The van der Waals surface area contributed by atoms with E-state index < -0.39 is 0 Å². The molecule has 3 nitrogen and oxygen atoms in total. The highest BCUT2D eigenvalue weighted by atomic mass is 35.5. The van der Waals surface area contributed by atoms with E-state index in [4.69, 9.17) is 11.6 Å². The van der Waals surface area contributed by atoms with Crippen LogP contribution in [-0.2, 0) is 6.54 Å². The van der Waals surface area contributed by atoms with Gasteiger partial charge < -0.3 is 5.32 Å². The van der Waals surface area contributed by atoms with Gasteiger partial charge in [0.1, 0.15) is 0 Å². The lowest BCUT2D eigenvalue weighted by molar-refractivity contribution is 0.102. The fourth-order valence-electron chi connectivity index (χ4n) is 3.37. The summed E-state index contributed by atoms with van der Waals surface area (Å²) >= 11 is 6.01. The van der Waals surface area contributed by atoms with Crippen LogP contribution in [0.25, 0.3) is 0 Å². The summed E-state index contributed by atoms with van der Waals surface area (Å²) in [6.45, 7) is 7.56. The zero-order valence-electron chi connectivity index (χ0n) is 14.9. The highest BCUT2D eigenvalue weighted by molar-refractivity contribution is 6.31. The van der Waals surface area contributed by atoms with Crippen LogP contribution in [0.4, 0.5) is 5.69 Å². The molecule has 1 N–H and O–H groups in total. The molecule has 2 aromatic rings. The second-order valence-corrected chi connectivity index (χ2v) is 7.53. The number of halogens is 1. The Bertz CT molecular complexity index is 742. The number of aryl methyl sites for hydroxylation is 1. The van der Waals surface area contributed by atoms with Gasteiger partial charge in [0.2, 0.25) is 0 Å². The number of nitrogens with one attached hydrogen (secondary N) is 1. The van der Waals surface area contributed by atoms with Crippen molar-refractivity contribution in [2.45, 2.75) is 33.2 Å². The van der Waals surface area contributed by atoms with Gasteiger partial charge in [-0.25, -0.2) is 0 Å². The molecule has 4 heteroatoms. The minimum Gasteiger partial charge on any atom is -0.322 e. The predicted octanol–water partition coefficient (Wildman–Crippen LogP) is 5.13. The third kappa shape index (κ3) is 4.83. The van der Waals surface area contributed by atoms with Crippen molar-refractivity contribution in [3.05, 3.63) is 64.2 Å². The number of hydrogen-bond acceptors (Lipinski definition) is 2. The van der Waals surface area contributed by atoms with Crippen LogP contribution in [0.1, 0.15) is 41.3 Å². The molecule has 0 aliphatic carbocycles. The number of anilines is 1. The van der Waals surface area contributed by atoms with Gasteiger partial charge in [-0.1, -0.05) is 36.7 Å². The number of rotatable bonds is 4. The summed E-state index contributed by atoms with van der Waals surface area (Å²) in [6, 6.07) is 13.4. The van der Waals surface area contributed by atoms with Gasteiger partial charge in [-0.05, 0) is 67.6 Å². The maximum atomic E-state index is 12.5. The molecule has 0 spiro atoms. The first-order valence-corrected chi connectivity index (χ1v) is 9.28. The Balaban J connectivity index is 1.63. The van der Waals surface area contributed by atoms with Crippen molar-refractivity contribution < 1.29 is 4.79 Å². The maximum absolute atomic E-state index is 12.5. The molecule has 25 heavy (non-hydrogen) atoms. The second kappa shape index (κ2) is 8.03. The molecule has 0 bridgehead atoms. The third-order valence-electron chi connectivity index (χ3n) is 4.81. The molecule has 0 saturated carbocycles.